The Kier molecular flexibility index (Phi) is 2.71. The van der Waals surface area contributed by atoms with Crippen LogP contribution < -0.4 is 0 Å². The number of aromatic amines is 1. The van der Waals surface area contributed by atoms with Gasteiger partial charge in [0.05, 0.1) is 0 Å². The summed E-state index contributed by atoms with van der Waals surface area (Å²) < 4.78 is 3.01. The monoisotopic (exact) mass is 225 g/mol. The molecule has 1 aliphatic carbocycles. The molecule has 0 amide bonds. The van der Waals surface area contributed by atoms with Gasteiger partial charge in [0, 0.05) is 12.5 Å². The summed E-state index contributed by atoms with van der Waals surface area (Å²) in [4.78, 5) is 0. The first-order valence-corrected chi connectivity index (χ1v) is 6.10. The lowest BCUT2D eigenvalue weighted by molar-refractivity contribution is 0.355. The maximum atomic E-state index is 5.30. The zero-order valence-corrected chi connectivity index (χ0v) is 10.5. The van der Waals surface area contributed by atoms with Gasteiger partial charge < -0.3 is 4.57 Å². The summed E-state index contributed by atoms with van der Waals surface area (Å²) in [6.07, 6.45) is 4.68. The lowest BCUT2D eigenvalue weighted by atomic mass is 9.92. The Labute approximate surface area is 95.9 Å². The second-order valence-corrected chi connectivity index (χ2v) is 5.62. The number of nitrogens with one attached hydrogen (secondary N) is 1. The predicted molar refractivity (Wildman–Crippen MR) is 63.5 cm³/mol. The van der Waals surface area contributed by atoms with Gasteiger partial charge in [-0.2, -0.15) is 5.10 Å². The fourth-order valence-electron chi connectivity index (χ4n) is 2.58. The zero-order chi connectivity index (χ0) is 11.1. The highest BCUT2D eigenvalue weighted by Crippen LogP contribution is 2.43. The lowest BCUT2D eigenvalue weighted by Gasteiger charge is -2.18. The molecule has 0 aliphatic heterocycles. The summed E-state index contributed by atoms with van der Waals surface area (Å²) in [7, 11) is 0. The van der Waals surface area contributed by atoms with Crippen LogP contribution in [0.4, 0.5) is 0 Å². The zero-order valence-electron chi connectivity index (χ0n) is 9.71. The van der Waals surface area contributed by atoms with E-state index in [1.807, 2.05) is 0 Å². The Hall–Kier alpha value is -0.640. The molecule has 1 atom stereocenters. The average Bonchev–Trinajstić information content (AvgIpc) is 2.69. The van der Waals surface area contributed by atoms with Crippen molar-refractivity contribution in [3.63, 3.8) is 0 Å². The molecule has 1 fully saturated rings. The topological polar surface area (TPSA) is 33.6 Å². The Morgan fingerprint density at radius 2 is 2.33 bits per heavy atom. The van der Waals surface area contributed by atoms with Crippen LogP contribution in [0.3, 0.4) is 0 Å². The van der Waals surface area contributed by atoms with Gasteiger partial charge in [-0.1, -0.05) is 20.8 Å². The molecule has 0 saturated heterocycles. The lowest BCUT2D eigenvalue weighted by Crippen LogP contribution is -2.12. The van der Waals surface area contributed by atoms with E-state index in [0.717, 1.165) is 17.0 Å². The molecule has 1 aliphatic rings. The maximum Gasteiger partial charge on any atom is 0.195 e. The molecule has 3 nitrogen and oxygen atoms in total. The average molecular weight is 225 g/mol. The second-order valence-electron chi connectivity index (χ2n) is 5.23. The van der Waals surface area contributed by atoms with Crippen molar-refractivity contribution in [3.8, 4) is 0 Å². The van der Waals surface area contributed by atoms with Crippen molar-refractivity contribution in [1.82, 2.24) is 14.8 Å². The fourth-order valence-corrected chi connectivity index (χ4v) is 2.88. The molecule has 2 rings (SSSR count). The van der Waals surface area contributed by atoms with Crippen molar-refractivity contribution in [3.05, 3.63) is 10.6 Å². The molecule has 1 saturated carbocycles. The molecular weight excluding hydrogens is 206 g/mol. The third-order valence-electron chi connectivity index (χ3n) is 3.40. The van der Waals surface area contributed by atoms with Gasteiger partial charge in [0.2, 0.25) is 0 Å². The summed E-state index contributed by atoms with van der Waals surface area (Å²) in [5.74, 6) is 1.10. The third kappa shape index (κ3) is 2.00. The largest absolute Gasteiger partial charge is 0.301 e. The molecule has 0 aromatic carbocycles. The van der Waals surface area contributed by atoms with Gasteiger partial charge in [0.15, 0.2) is 4.77 Å². The first-order chi connectivity index (χ1) is 7.03. The maximum absolute atomic E-state index is 5.30. The molecule has 1 heterocycles. The number of H-pyrrole nitrogens is 1. The minimum absolute atomic E-state index is 0.460. The van der Waals surface area contributed by atoms with E-state index in [9.17, 15) is 0 Å². The van der Waals surface area contributed by atoms with Crippen molar-refractivity contribution >= 4 is 12.2 Å². The molecule has 84 valence electrons. The Morgan fingerprint density at radius 3 is 2.87 bits per heavy atom. The smallest absolute Gasteiger partial charge is 0.195 e. The molecule has 0 radical (unpaired) electrons. The Balaban J connectivity index is 2.31. The SMILES string of the molecule is CCc1n[nH]c(=S)n1C1CCC(C)(C)C1. The van der Waals surface area contributed by atoms with E-state index in [-0.39, 0.29) is 0 Å². The van der Waals surface area contributed by atoms with Gasteiger partial charge in [0.25, 0.3) is 0 Å². The van der Waals surface area contributed by atoms with Gasteiger partial charge in [-0.25, -0.2) is 0 Å². The first kappa shape index (κ1) is 10.9. The molecule has 4 heteroatoms. The molecule has 0 bridgehead atoms. The van der Waals surface area contributed by atoms with Crippen LogP contribution in [0.25, 0.3) is 0 Å². The van der Waals surface area contributed by atoms with Crippen molar-refractivity contribution in [1.29, 1.82) is 0 Å². The van der Waals surface area contributed by atoms with Gasteiger partial charge in [-0.3, -0.25) is 5.10 Å². The highest BCUT2D eigenvalue weighted by Gasteiger charge is 2.33. The standard InChI is InChI=1S/C11H19N3S/c1-4-9-12-13-10(15)14(9)8-5-6-11(2,3)7-8/h8H,4-7H2,1-3H3,(H,13,15). The van der Waals surface area contributed by atoms with Crippen LogP contribution in [0.2, 0.25) is 0 Å². The van der Waals surface area contributed by atoms with Crippen LogP contribution in [0.1, 0.15) is 51.9 Å². The molecule has 0 spiro atoms. The van der Waals surface area contributed by atoms with Gasteiger partial charge in [-0.15, -0.1) is 0 Å². The van der Waals surface area contributed by atoms with E-state index >= 15 is 0 Å². The minimum atomic E-state index is 0.460. The van der Waals surface area contributed by atoms with E-state index in [1.54, 1.807) is 0 Å². The van der Waals surface area contributed by atoms with Crippen molar-refractivity contribution < 1.29 is 0 Å². The van der Waals surface area contributed by atoms with Gasteiger partial charge in [-0.05, 0) is 36.9 Å². The van der Waals surface area contributed by atoms with Crippen molar-refractivity contribution in [2.75, 3.05) is 0 Å². The molecular formula is C11H19N3S. The normalized spacial score (nSPS) is 24.6. The van der Waals surface area contributed by atoms with Gasteiger partial charge in [0.1, 0.15) is 5.82 Å². The van der Waals surface area contributed by atoms with E-state index < -0.39 is 0 Å². The summed E-state index contributed by atoms with van der Waals surface area (Å²) in [6.45, 7) is 6.80. The van der Waals surface area contributed by atoms with Crippen LogP contribution in [0, 0.1) is 10.2 Å². The van der Waals surface area contributed by atoms with Crippen LogP contribution in [-0.2, 0) is 6.42 Å². The van der Waals surface area contributed by atoms with Crippen LogP contribution in [-0.4, -0.2) is 14.8 Å². The highest BCUT2D eigenvalue weighted by atomic mass is 32.1. The second kappa shape index (κ2) is 3.74. The summed E-state index contributed by atoms with van der Waals surface area (Å²) >= 11 is 5.30. The molecule has 1 aromatic heterocycles. The molecule has 1 unspecified atom stereocenters. The van der Waals surface area contributed by atoms with E-state index in [2.05, 4.69) is 35.5 Å². The number of hydrogen-bond donors (Lipinski definition) is 1. The van der Waals surface area contributed by atoms with Crippen molar-refractivity contribution in [2.24, 2.45) is 5.41 Å². The van der Waals surface area contributed by atoms with E-state index in [0.29, 0.717) is 11.5 Å². The predicted octanol–water partition coefficient (Wildman–Crippen LogP) is 3.25. The summed E-state index contributed by atoms with van der Waals surface area (Å²) in [6, 6.07) is 0.557. The number of aromatic nitrogens is 3. The van der Waals surface area contributed by atoms with Crippen LogP contribution in [0.15, 0.2) is 0 Å². The van der Waals surface area contributed by atoms with Crippen LogP contribution in [0.5, 0.6) is 0 Å². The quantitative estimate of drug-likeness (QED) is 0.784. The number of nitrogens with zero attached hydrogens (tertiary/aromatic N) is 2. The highest BCUT2D eigenvalue weighted by molar-refractivity contribution is 7.71. The first-order valence-electron chi connectivity index (χ1n) is 5.69. The molecule has 1 aromatic rings. The number of hydrogen-bond acceptors (Lipinski definition) is 2. The van der Waals surface area contributed by atoms with Crippen LogP contribution >= 0.6 is 12.2 Å². The van der Waals surface area contributed by atoms with E-state index in [4.69, 9.17) is 12.2 Å². The van der Waals surface area contributed by atoms with E-state index in [1.165, 1.54) is 19.3 Å². The third-order valence-corrected chi connectivity index (χ3v) is 3.69. The van der Waals surface area contributed by atoms with Gasteiger partial charge >= 0.3 is 0 Å². The summed E-state index contributed by atoms with van der Waals surface area (Å²) in [5, 5.41) is 7.18. The van der Waals surface area contributed by atoms with Crippen molar-refractivity contribution in [2.45, 2.75) is 52.5 Å². The molecule has 15 heavy (non-hydrogen) atoms. The minimum Gasteiger partial charge on any atom is -0.301 e. The number of aryl methyl sites for hydroxylation is 1. The Morgan fingerprint density at radius 1 is 1.60 bits per heavy atom. The molecule has 1 N–H and O–H groups in total. The summed E-state index contributed by atoms with van der Waals surface area (Å²) in [5.41, 5.74) is 0.460. The fraction of sp³-hybridized carbons (Fsp3) is 0.818. The Bertz CT molecular complexity index is 402. The number of rotatable bonds is 2.